The van der Waals surface area contributed by atoms with Gasteiger partial charge in [-0.25, -0.2) is 0 Å². The highest BCUT2D eigenvalue weighted by atomic mass is 15.4. The van der Waals surface area contributed by atoms with E-state index in [-0.39, 0.29) is 0 Å². The molecule has 2 heteroatoms. The van der Waals surface area contributed by atoms with Crippen molar-refractivity contribution >= 4 is 6.08 Å². The van der Waals surface area contributed by atoms with Crippen LogP contribution in [0.5, 0.6) is 0 Å². The normalized spacial score (nSPS) is 18.2. The summed E-state index contributed by atoms with van der Waals surface area (Å²) in [5.41, 5.74) is 2.58. The maximum Gasteiger partial charge on any atom is 0.0507 e. The highest BCUT2D eigenvalue weighted by Crippen LogP contribution is 2.11. The average Bonchev–Trinajstić information content (AvgIpc) is 2.65. The Bertz CT molecular complexity index is 329. The Balaban J connectivity index is 1.96. The van der Waals surface area contributed by atoms with E-state index in [4.69, 9.17) is 0 Å². The van der Waals surface area contributed by atoms with E-state index in [1.165, 1.54) is 24.2 Å². The molecular formula is C13H18N2. The van der Waals surface area contributed by atoms with Crippen molar-refractivity contribution in [1.29, 1.82) is 0 Å². The van der Waals surface area contributed by atoms with Crippen molar-refractivity contribution in [3.63, 3.8) is 0 Å². The minimum absolute atomic E-state index is 1.06. The Morgan fingerprint density at radius 2 is 2.00 bits per heavy atom. The molecule has 0 N–H and O–H groups in total. The monoisotopic (exact) mass is 202 g/mol. The van der Waals surface area contributed by atoms with Gasteiger partial charge < -0.3 is 0 Å². The van der Waals surface area contributed by atoms with Crippen LogP contribution in [-0.4, -0.2) is 36.6 Å². The van der Waals surface area contributed by atoms with Crippen LogP contribution in [0.25, 0.3) is 6.08 Å². The Kier molecular flexibility index (Phi) is 3.19. The largest absolute Gasteiger partial charge is 0.292 e. The summed E-state index contributed by atoms with van der Waals surface area (Å²) in [6.45, 7) is 8.27. The van der Waals surface area contributed by atoms with Crippen LogP contribution < -0.4 is 0 Å². The van der Waals surface area contributed by atoms with E-state index < -0.39 is 0 Å². The predicted molar refractivity (Wildman–Crippen MR) is 64.4 cm³/mol. The number of rotatable bonds is 3. The number of hydrogen-bond acceptors (Lipinski definition) is 2. The van der Waals surface area contributed by atoms with Gasteiger partial charge in [0.15, 0.2) is 0 Å². The highest BCUT2D eigenvalue weighted by molar-refractivity contribution is 5.47. The van der Waals surface area contributed by atoms with Gasteiger partial charge in [-0.1, -0.05) is 36.9 Å². The molecule has 0 aliphatic carbocycles. The fraction of sp³-hybridized carbons (Fsp3) is 0.385. The molecule has 1 fully saturated rings. The number of likely N-dealkylation sites (N-methyl/N-ethyl adjacent to an activating group) is 1. The van der Waals surface area contributed by atoms with E-state index in [2.05, 4.69) is 47.7 Å². The standard InChI is InChI=1S/C13H18N2/c1-3-12-4-6-13(7-5-12)10-15-9-8-14(2)11-15/h3-7H,1,8-11H2,2H3. The van der Waals surface area contributed by atoms with E-state index in [1.807, 2.05) is 6.08 Å². The molecule has 0 aromatic heterocycles. The lowest BCUT2D eigenvalue weighted by atomic mass is 10.1. The van der Waals surface area contributed by atoms with E-state index in [1.54, 1.807) is 0 Å². The number of nitrogens with zero attached hydrogens (tertiary/aromatic N) is 2. The molecule has 0 radical (unpaired) electrons. The molecular weight excluding hydrogens is 184 g/mol. The van der Waals surface area contributed by atoms with E-state index in [9.17, 15) is 0 Å². The zero-order valence-corrected chi connectivity index (χ0v) is 9.32. The molecule has 1 saturated heterocycles. The van der Waals surface area contributed by atoms with Crippen LogP contribution in [-0.2, 0) is 6.54 Å². The lowest BCUT2D eigenvalue weighted by molar-refractivity contribution is 0.268. The van der Waals surface area contributed by atoms with E-state index in [0.717, 1.165) is 13.2 Å². The smallest absolute Gasteiger partial charge is 0.0507 e. The third-order valence-corrected chi connectivity index (χ3v) is 2.86. The molecule has 2 rings (SSSR count). The zero-order valence-electron chi connectivity index (χ0n) is 9.32. The van der Waals surface area contributed by atoms with Gasteiger partial charge in [-0.3, -0.25) is 9.80 Å². The van der Waals surface area contributed by atoms with E-state index >= 15 is 0 Å². The van der Waals surface area contributed by atoms with Crippen molar-refractivity contribution in [2.24, 2.45) is 0 Å². The van der Waals surface area contributed by atoms with Gasteiger partial charge in [0.05, 0.1) is 6.67 Å². The van der Waals surface area contributed by atoms with Gasteiger partial charge in [0.1, 0.15) is 0 Å². The molecule has 1 aliphatic heterocycles. The molecule has 0 spiro atoms. The van der Waals surface area contributed by atoms with Crippen LogP contribution in [0.15, 0.2) is 30.8 Å². The Morgan fingerprint density at radius 3 is 2.53 bits per heavy atom. The van der Waals surface area contributed by atoms with Crippen LogP contribution in [0.1, 0.15) is 11.1 Å². The van der Waals surface area contributed by atoms with Crippen molar-refractivity contribution in [2.75, 3.05) is 26.8 Å². The van der Waals surface area contributed by atoms with E-state index in [0.29, 0.717) is 0 Å². The van der Waals surface area contributed by atoms with Crippen LogP contribution in [0.2, 0.25) is 0 Å². The third-order valence-electron chi connectivity index (χ3n) is 2.86. The lowest BCUT2D eigenvalue weighted by Gasteiger charge is -2.15. The molecule has 80 valence electrons. The first-order valence-corrected chi connectivity index (χ1v) is 5.40. The van der Waals surface area contributed by atoms with Gasteiger partial charge in [0.25, 0.3) is 0 Å². The van der Waals surface area contributed by atoms with Gasteiger partial charge in [-0.15, -0.1) is 0 Å². The first-order chi connectivity index (χ1) is 7.28. The van der Waals surface area contributed by atoms with Crippen LogP contribution in [0.3, 0.4) is 0 Å². The lowest BCUT2D eigenvalue weighted by Crippen LogP contribution is -2.22. The van der Waals surface area contributed by atoms with Crippen LogP contribution >= 0.6 is 0 Å². The maximum atomic E-state index is 3.76. The number of benzene rings is 1. The molecule has 0 atom stereocenters. The summed E-state index contributed by atoms with van der Waals surface area (Å²) in [6.07, 6.45) is 1.88. The molecule has 2 nitrogen and oxygen atoms in total. The van der Waals surface area contributed by atoms with Crippen LogP contribution in [0, 0.1) is 0 Å². The number of hydrogen-bond donors (Lipinski definition) is 0. The maximum absolute atomic E-state index is 3.76. The van der Waals surface area contributed by atoms with Crippen molar-refractivity contribution in [2.45, 2.75) is 6.54 Å². The Labute approximate surface area is 91.8 Å². The fourth-order valence-corrected chi connectivity index (χ4v) is 1.94. The molecule has 1 aromatic rings. The molecule has 15 heavy (non-hydrogen) atoms. The van der Waals surface area contributed by atoms with Gasteiger partial charge in [0, 0.05) is 19.6 Å². The molecule has 1 aliphatic rings. The first kappa shape index (κ1) is 10.4. The molecule has 1 aromatic carbocycles. The zero-order chi connectivity index (χ0) is 10.7. The van der Waals surface area contributed by atoms with Gasteiger partial charge >= 0.3 is 0 Å². The molecule has 0 amide bonds. The molecule has 0 bridgehead atoms. The summed E-state index contributed by atoms with van der Waals surface area (Å²) in [4.78, 5) is 4.81. The van der Waals surface area contributed by atoms with Gasteiger partial charge in [-0.2, -0.15) is 0 Å². The summed E-state index contributed by atoms with van der Waals surface area (Å²) in [5.74, 6) is 0. The molecule has 0 unspecified atom stereocenters. The topological polar surface area (TPSA) is 6.48 Å². The van der Waals surface area contributed by atoms with Crippen molar-refractivity contribution in [3.05, 3.63) is 42.0 Å². The van der Waals surface area contributed by atoms with Crippen LogP contribution in [0.4, 0.5) is 0 Å². The summed E-state index contributed by atoms with van der Waals surface area (Å²) >= 11 is 0. The fourth-order valence-electron chi connectivity index (χ4n) is 1.94. The minimum Gasteiger partial charge on any atom is -0.292 e. The predicted octanol–water partition coefficient (Wildman–Crippen LogP) is 2.03. The van der Waals surface area contributed by atoms with Crippen molar-refractivity contribution in [1.82, 2.24) is 9.80 Å². The summed E-state index contributed by atoms with van der Waals surface area (Å²) in [6, 6.07) is 8.63. The second kappa shape index (κ2) is 4.60. The highest BCUT2D eigenvalue weighted by Gasteiger charge is 2.15. The summed E-state index contributed by atoms with van der Waals surface area (Å²) < 4.78 is 0. The quantitative estimate of drug-likeness (QED) is 0.740. The summed E-state index contributed by atoms with van der Waals surface area (Å²) in [5, 5.41) is 0. The third kappa shape index (κ3) is 2.67. The van der Waals surface area contributed by atoms with Crippen molar-refractivity contribution in [3.8, 4) is 0 Å². The van der Waals surface area contributed by atoms with Gasteiger partial charge in [-0.05, 0) is 18.2 Å². The SMILES string of the molecule is C=Cc1ccc(CN2CCN(C)C2)cc1. The first-order valence-electron chi connectivity index (χ1n) is 5.40. The summed E-state index contributed by atoms with van der Waals surface area (Å²) in [7, 11) is 2.17. The van der Waals surface area contributed by atoms with Crippen molar-refractivity contribution < 1.29 is 0 Å². The molecule has 1 heterocycles. The second-order valence-corrected chi connectivity index (χ2v) is 4.22. The Hall–Kier alpha value is -1.12. The van der Waals surface area contributed by atoms with Gasteiger partial charge in [0.2, 0.25) is 0 Å². The average molecular weight is 202 g/mol. The Morgan fingerprint density at radius 1 is 1.27 bits per heavy atom. The molecule has 0 saturated carbocycles. The second-order valence-electron chi connectivity index (χ2n) is 4.22. The minimum atomic E-state index is 1.06.